The van der Waals surface area contributed by atoms with Gasteiger partial charge in [-0.15, -0.1) is 11.3 Å². The summed E-state index contributed by atoms with van der Waals surface area (Å²) in [4.78, 5) is 12.1. The van der Waals surface area contributed by atoms with E-state index in [9.17, 15) is 0 Å². The number of pyridine rings is 1. The van der Waals surface area contributed by atoms with Crippen molar-refractivity contribution >= 4 is 54.3 Å². The summed E-state index contributed by atoms with van der Waals surface area (Å²) in [6.45, 7) is 8.00. The predicted molar refractivity (Wildman–Crippen MR) is 142 cm³/mol. The van der Waals surface area contributed by atoms with E-state index < -0.39 is 0 Å². The molecular formula is C25H30BrN5O2S. The first-order valence-electron chi connectivity index (χ1n) is 11.7. The molecule has 1 aliphatic rings. The second-order valence-electron chi connectivity index (χ2n) is 9.04. The first-order chi connectivity index (χ1) is 16.4. The fourth-order valence-corrected chi connectivity index (χ4v) is 6.48. The summed E-state index contributed by atoms with van der Waals surface area (Å²) in [5.74, 6) is 2.38. The molecular weight excluding hydrogens is 514 g/mol. The molecule has 0 saturated carbocycles. The second-order valence-corrected chi connectivity index (χ2v) is 11.5. The van der Waals surface area contributed by atoms with Crippen LogP contribution in [-0.2, 0) is 17.7 Å². The van der Waals surface area contributed by atoms with Crippen molar-refractivity contribution < 1.29 is 9.47 Å². The van der Waals surface area contributed by atoms with Crippen LogP contribution in [0.25, 0.3) is 21.3 Å². The van der Waals surface area contributed by atoms with Crippen molar-refractivity contribution in [2.24, 2.45) is 0 Å². The van der Waals surface area contributed by atoms with Gasteiger partial charge in [-0.1, -0.05) is 12.1 Å². The van der Waals surface area contributed by atoms with Crippen molar-refractivity contribution in [1.82, 2.24) is 19.4 Å². The SMILES string of the molecule is COc1ccc(Cn2c(CCCN3CC(C)OC(C)C3)nc3c(N)nc4cc(Br)sc4c32)cc1. The van der Waals surface area contributed by atoms with Crippen LogP contribution in [0.4, 0.5) is 5.82 Å². The quantitative estimate of drug-likeness (QED) is 0.349. The maximum absolute atomic E-state index is 6.38. The number of fused-ring (bicyclic) bond motifs is 3. The van der Waals surface area contributed by atoms with Gasteiger partial charge in [0.25, 0.3) is 0 Å². The molecule has 1 aromatic carbocycles. The van der Waals surface area contributed by atoms with Crippen LogP contribution < -0.4 is 10.5 Å². The number of halogens is 1. The maximum atomic E-state index is 6.38. The van der Waals surface area contributed by atoms with Crippen molar-refractivity contribution in [2.45, 2.75) is 45.4 Å². The van der Waals surface area contributed by atoms with Gasteiger partial charge in [-0.25, -0.2) is 9.97 Å². The first-order valence-corrected chi connectivity index (χ1v) is 13.3. The molecule has 0 aliphatic carbocycles. The Balaban J connectivity index is 1.48. The highest BCUT2D eigenvalue weighted by atomic mass is 79.9. The summed E-state index contributed by atoms with van der Waals surface area (Å²) in [7, 11) is 1.69. The van der Waals surface area contributed by atoms with Crippen LogP contribution in [0.2, 0.25) is 0 Å². The van der Waals surface area contributed by atoms with E-state index in [4.69, 9.17) is 20.2 Å². The molecule has 180 valence electrons. The lowest BCUT2D eigenvalue weighted by molar-refractivity contribution is -0.0680. The molecule has 5 rings (SSSR count). The summed E-state index contributed by atoms with van der Waals surface area (Å²) in [6.07, 6.45) is 2.45. The fourth-order valence-electron chi connectivity index (χ4n) is 4.90. The van der Waals surface area contributed by atoms with Crippen molar-refractivity contribution in [1.29, 1.82) is 0 Å². The number of imidazole rings is 1. The molecule has 7 nitrogen and oxygen atoms in total. The van der Waals surface area contributed by atoms with Gasteiger partial charge in [-0.3, -0.25) is 4.90 Å². The number of nitrogen functional groups attached to an aromatic ring is 1. The monoisotopic (exact) mass is 543 g/mol. The Morgan fingerprint density at radius 2 is 1.91 bits per heavy atom. The van der Waals surface area contributed by atoms with Gasteiger partial charge in [-0.05, 0) is 66.5 Å². The smallest absolute Gasteiger partial charge is 0.152 e. The number of ether oxygens (including phenoxy) is 2. The molecule has 1 saturated heterocycles. The van der Waals surface area contributed by atoms with Gasteiger partial charge in [0, 0.05) is 26.1 Å². The van der Waals surface area contributed by atoms with Crippen molar-refractivity contribution in [2.75, 3.05) is 32.5 Å². The lowest BCUT2D eigenvalue weighted by Gasteiger charge is -2.35. The van der Waals surface area contributed by atoms with Crippen LogP contribution >= 0.6 is 27.3 Å². The van der Waals surface area contributed by atoms with Gasteiger partial charge >= 0.3 is 0 Å². The predicted octanol–water partition coefficient (Wildman–Crippen LogP) is 5.09. The number of benzene rings is 1. The van der Waals surface area contributed by atoms with E-state index in [1.54, 1.807) is 18.4 Å². The number of anilines is 1. The molecule has 4 aromatic rings. The molecule has 1 aliphatic heterocycles. The number of aromatic nitrogens is 3. The molecule has 1 fully saturated rings. The standard InChI is InChI=1S/C25H30BrN5O2S/c1-15-12-30(13-16(2)33-15)10-4-5-21-29-22-23(24-19(28-25(22)27)11-20(26)34-24)31(21)14-17-6-8-18(32-3)9-7-17/h6-9,11,15-16H,4-5,10,12-14H2,1-3H3,(H2,27,28). The van der Waals surface area contributed by atoms with Crippen LogP contribution in [0.5, 0.6) is 5.75 Å². The van der Waals surface area contributed by atoms with Gasteiger partial charge in [0.2, 0.25) is 0 Å². The molecule has 2 unspecified atom stereocenters. The Labute approximate surface area is 212 Å². The normalized spacial score (nSPS) is 19.3. The lowest BCUT2D eigenvalue weighted by atomic mass is 10.2. The lowest BCUT2D eigenvalue weighted by Crippen LogP contribution is -2.45. The van der Waals surface area contributed by atoms with E-state index in [-0.39, 0.29) is 12.2 Å². The molecule has 2 N–H and O–H groups in total. The first kappa shape index (κ1) is 23.5. The minimum atomic E-state index is 0.278. The van der Waals surface area contributed by atoms with Crippen LogP contribution in [0.1, 0.15) is 31.7 Å². The van der Waals surface area contributed by atoms with Crippen molar-refractivity contribution in [3.8, 4) is 5.75 Å². The molecule has 3 aromatic heterocycles. The zero-order valence-electron chi connectivity index (χ0n) is 19.8. The van der Waals surface area contributed by atoms with E-state index in [1.165, 1.54) is 5.56 Å². The fraction of sp³-hybridized carbons (Fsp3) is 0.440. The van der Waals surface area contributed by atoms with Gasteiger partial charge in [-0.2, -0.15) is 0 Å². The largest absolute Gasteiger partial charge is 0.497 e. The summed E-state index contributed by atoms with van der Waals surface area (Å²) >= 11 is 5.30. The highest BCUT2D eigenvalue weighted by molar-refractivity contribution is 9.11. The summed E-state index contributed by atoms with van der Waals surface area (Å²) in [5.41, 5.74) is 10.3. The maximum Gasteiger partial charge on any atom is 0.152 e. The number of thiophene rings is 1. The summed E-state index contributed by atoms with van der Waals surface area (Å²) in [5, 5.41) is 0. The Bertz CT molecular complexity index is 1290. The second kappa shape index (κ2) is 9.81. The average Bonchev–Trinajstić information content (AvgIpc) is 3.34. The Morgan fingerprint density at radius 1 is 1.18 bits per heavy atom. The zero-order valence-corrected chi connectivity index (χ0v) is 22.2. The van der Waals surface area contributed by atoms with E-state index in [1.807, 2.05) is 18.2 Å². The Morgan fingerprint density at radius 3 is 2.62 bits per heavy atom. The third-order valence-corrected chi connectivity index (χ3v) is 7.93. The Hall–Kier alpha value is -2.20. The summed E-state index contributed by atoms with van der Waals surface area (Å²) < 4.78 is 15.7. The van der Waals surface area contributed by atoms with Gasteiger partial charge < -0.3 is 19.8 Å². The minimum absolute atomic E-state index is 0.278. The topological polar surface area (TPSA) is 78.4 Å². The number of nitrogens with two attached hydrogens (primary N) is 1. The van der Waals surface area contributed by atoms with Crippen molar-refractivity contribution in [3.05, 3.63) is 45.5 Å². The van der Waals surface area contributed by atoms with E-state index in [2.05, 4.69) is 56.4 Å². The number of methoxy groups -OCH3 is 1. The van der Waals surface area contributed by atoms with Crippen LogP contribution in [0.15, 0.2) is 34.1 Å². The summed E-state index contributed by atoms with van der Waals surface area (Å²) in [6, 6.07) is 10.2. The molecule has 34 heavy (non-hydrogen) atoms. The van der Waals surface area contributed by atoms with Crippen LogP contribution in [-0.4, -0.2) is 58.4 Å². The van der Waals surface area contributed by atoms with Gasteiger partial charge in [0.1, 0.15) is 17.1 Å². The van der Waals surface area contributed by atoms with E-state index in [0.29, 0.717) is 5.82 Å². The zero-order chi connectivity index (χ0) is 23.8. The molecule has 9 heteroatoms. The molecule has 0 spiro atoms. The number of nitrogens with zero attached hydrogens (tertiary/aromatic N) is 4. The minimum Gasteiger partial charge on any atom is -0.497 e. The highest BCUT2D eigenvalue weighted by Gasteiger charge is 2.23. The van der Waals surface area contributed by atoms with E-state index in [0.717, 1.165) is 75.6 Å². The molecule has 2 atom stereocenters. The highest BCUT2D eigenvalue weighted by Crippen LogP contribution is 2.37. The molecule has 0 bridgehead atoms. The van der Waals surface area contributed by atoms with Gasteiger partial charge in [0.15, 0.2) is 5.82 Å². The number of aryl methyl sites for hydroxylation is 1. The third-order valence-electron chi connectivity index (χ3n) is 6.30. The third kappa shape index (κ3) is 4.79. The number of rotatable bonds is 7. The Kier molecular flexibility index (Phi) is 6.79. The van der Waals surface area contributed by atoms with Crippen LogP contribution in [0, 0.1) is 0 Å². The van der Waals surface area contributed by atoms with Gasteiger partial charge in [0.05, 0.1) is 38.8 Å². The van der Waals surface area contributed by atoms with E-state index >= 15 is 0 Å². The molecule has 4 heterocycles. The number of hydrogen-bond acceptors (Lipinski definition) is 7. The van der Waals surface area contributed by atoms with Crippen LogP contribution in [0.3, 0.4) is 0 Å². The van der Waals surface area contributed by atoms with Crippen molar-refractivity contribution in [3.63, 3.8) is 0 Å². The molecule has 0 radical (unpaired) electrons. The average molecular weight is 545 g/mol. The molecule has 0 amide bonds. The number of morpholine rings is 1. The number of hydrogen-bond donors (Lipinski definition) is 1.